The Morgan fingerprint density at radius 1 is 1.47 bits per heavy atom. The lowest BCUT2D eigenvalue weighted by Gasteiger charge is -2.24. The van der Waals surface area contributed by atoms with Crippen molar-refractivity contribution in [3.8, 4) is 0 Å². The number of nitrogens with zero attached hydrogens (tertiary/aromatic N) is 2. The Bertz CT molecular complexity index is 372. The maximum Gasteiger partial charge on any atom is 0.0767 e. The lowest BCUT2D eigenvalue weighted by molar-refractivity contribution is 0.0331. The van der Waals surface area contributed by atoms with E-state index in [-0.39, 0.29) is 0 Å². The zero-order valence-corrected chi connectivity index (χ0v) is 12.4. The summed E-state index contributed by atoms with van der Waals surface area (Å²) in [5, 5.41) is 14.5. The summed E-state index contributed by atoms with van der Waals surface area (Å²) >= 11 is 3.51. The number of aliphatic hydroxyl groups is 1. The summed E-state index contributed by atoms with van der Waals surface area (Å²) < 4.78 is 3.05. The van der Waals surface area contributed by atoms with Crippen LogP contribution in [0.25, 0.3) is 0 Å². The van der Waals surface area contributed by atoms with Gasteiger partial charge in [-0.25, -0.2) is 0 Å². The summed E-state index contributed by atoms with van der Waals surface area (Å²) in [5.41, 5.74) is 7.00. The number of halogens is 1. The second-order valence-electron chi connectivity index (χ2n) is 4.59. The number of hydrogen-bond donors (Lipinski definition) is 2. The number of rotatable bonds is 6. The smallest absolute Gasteiger partial charge is 0.0767 e. The lowest BCUT2D eigenvalue weighted by atomic mass is 9.95. The molecule has 0 saturated heterocycles. The molecule has 1 rings (SSSR count). The van der Waals surface area contributed by atoms with Crippen molar-refractivity contribution in [2.75, 3.05) is 6.54 Å². The van der Waals surface area contributed by atoms with Crippen LogP contribution in [0.5, 0.6) is 0 Å². The Balaban J connectivity index is 2.54. The first kappa shape index (κ1) is 14.7. The minimum Gasteiger partial charge on any atom is -0.389 e. The first-order chi connectivity index (χ1) is 7.93. The Kier molecular flexibility index (Phi) is 5.16. The standard InChI is InChI=1S/C12H22BrN3O/c1-4-12(17,8-14)6-5-7-16-10(3)11(13)9(2)15-16/h17H,4-8,14H2,1-3H3. The summed E-state index contributed by atoms with van der Waals surface area (Å²) in [7, 11) is 0. The highest BCUT2D eigenvalue weighted by atomic mass is 79.9. The molecule has 0 aliphatic rings. The zero-order valence-electron chi connectivity index (χ0n) is 10.8. The highest BCUT2D eigenvalue weighted by Gasteiger charge is 2.22. The van der Waals surface area contributed by atoms with Crippen molar-refractivity contribution in [3.05, 3.63) is 15.9 Å². The molecule has 4 nitrogen and oxygen atoms in total. The topological polar surface area (TPSA) is 64.1 Å². The van der Waals surface area contributed by atoms with Gasteiger partial charge in [0.25, 0.3) is 0 Å². The minimum atomic E-state index is -0.715. The van der Waals surface area contributed by atoms with Crippen molar-refractivity contribution in [1.29, 1.82) is 0 Å². The minimum absolute atomic E-state index is 0.324. The number of aryl methyl sites for hydroxylation is 2. The normalized spacial score (nSPS) is 14.9. The van der Waals surface area contributed by atoms with Crippen LogP contribution in [-0.4, -0.2) is 27.0 Å². The molecule has 1 unspecified atom stereocenters. The molecule has 98 valence electrons. The molecule has 3 N–H and O–H groups in total. The fourth-order valence-electron chi connectivity index (χ4n) is 1.87. The first-order valence-electron chi connectivity index (χ1n) is 6.05. The van der Waals surface area contributed by atoms with Crippen molar-refractivity contribution in [2.45, 2.75) is 52.2 Å². The number of nitrogens with two attached hydrogens (primary N) is 1. The van der Waals surface area contributed by atoms with Gasteiger partial charge in [0.1, 0.15) is 0 Å². The quantitative estimate of drug-likeness (QED) is 0.846. The molecule has 1 aromatic heterocycles. The maximum atomic E-state index is 10.1. The molecule has 0 radical (unpaired) electrons. The summed E-state index contributed by atoms with van der Waals surface area (Å²) in [6.45, 7) is 7.13. The van der Waals surface area contributed by atoms with Crippen molar-refractivity contribution < 1.29 is 5.11 Å². The van der Waals surface area contributed by atoms with Crippen molar-refractivity contribution in [2.24, 2.45) is 5.73 Å². The highest BCUT2D eigenvalue weighted by molar-refractivity contribution is 9.10. The first-order valence-corrected chi connectivity index (χ1v) is 6.85. The van der Waals surface area contributed by atoms with Gasteiger partial charge < -0.3 is 10.8 Å². The molecular weight excluding hydrogens is 282 g/mol. The molecule has 0 amide bonds. The molecule has 0 spiro atoms. The Morgan fingerprint density at radius 2 is 2.12 bits per heavy atom. The molecule has 1 aromatic rings. The van der Waals surface area contributed by atoms with Gasteiger partial charge in [-0.15, -0.1) is 0 Å². The average Bonchev–Trinajstić information content (AvgIpc) is 2.57. The average molecular weight is 304 g/mol. The van der Waals surface area contributed by atoms with Crippen molar-refractivity contribution in [3.63, 3.8) is 0 Å². The van der Waals surface area contributed by atoms with Crippen LogP contribution in [0.4, 0.5) is 0 Å². The summed E-state index contributed by atoms with van der Waals surface area (Å²) in [6.07, 6.45) is 2.30. The summed E-state index contributed by atoms with van der Waals surface area (Å²) in [5.74, 6) is 0. The molecule has 0 fully saturated rings. The van der Waals surface area contributed by atoms with Gasteiger partial charge in [0, 0.05) is 18.8 Å². The molecule has 0 aliphatic carbocycles. The van der Waals surface area contributed by atoms with Gasteiger partial charge >= 0.3 is 0 Å². The predicted molar refractivity (Wildman–Crippen MR) is 72.9 cm³/mol. The number of hydrogen-bond acceptors (Lipinski definition) is 3. The third-order valence-corrected chi connectivity index (χ3v) is 4.49. The van der Waals surface area contributed by atoms with Crippen LogP contribution in [-0.2, 0) is 6.54 Å². The monoisotopic (exact) mass is 303 g/mol. The van der Waals surface area contributed by atoms with E-state index >= 15 is 0 Å². The Hall–Kier alpha value is -0.390. The third kappa shape index (κ3) is 3.53. The molecule has 17 heavy (non-hydrogen) atoms. The molecule has 5 heteroatoms. The molecule has 0 saturated carbocycles. The van der Waals surface area contributed by atoms with E-state index in [1.165, 1.54) is 0 Å². The van der Waals surface area contributed by atoms with Crippen LogP contribution in [0.15, 0.2) is 4.47 Å². The SMILES string of the molecule is CCC(O)(CN)CCCn1nc(C)c(Br)c1C. The van der Waals surface area contributed by atoms with Gasteiger partial charge in [-0.05, 0) is 49.0 Å². The third-order valence-electron chi connectivity index (χ3n) is 3.34. The predicted octanol–water partition coefficient (Wildman–Crippen LogP) is 2.14. The van der Waals surface area contributed by atoms with Gasteiger partial charge in [-0.2, -0.15) is 5.10 Å². The Morgan fingerprint density at radius 3 is 2.53 bits per heavy atom. The van der Waals surface area contributed by atoms with E-state index in [4.69, 9.17) is 5.73 Å². The summed E-state index contributed by atoms with van der Waals surface area (Å²) in [4.78, 5) is 0. The molecule has 0 bridgehead atoms. The van der Waals surface area contributed by atoms with Crippen LogP contribution in [0, 0.1) is 13.8 Å². The van der Waals surface area contributed by atoms with E-state index in [1.54, 1.807) is 0 Å². The van der Waals surface area contributed by atoms with E-state index in [9.17, 15) is 5.11 Å². The van der Waals surface area contributed by atoms with Gasteiger partial charge in [0.15, 0.2) is 0 Å². The molecule has 0 aromatic carbocycles. The van der Waals surface area contributed by atoms with Crippen LogP contribution in [0.3, 0.4) is 0 Å². The highest BCUT2D eigenvalue weighted by Crippen LogP contribution is 2.21. The van der Waals surface area contributed by atoms with Crippen LogP contribution >= 0.6 is 15.9 Å². The van der Waals surface area contributed by atoms with Crippen LogP contribution < -0.4 is 5.73 Å². The fourth-order valence-corrected chi connectivity index (χ4v) is 2.16. The van der Waals surface area contributed by atoms with Gasteiger partial charge in [0.2, 0.25) is 0 Å². The van der Waals surface area contributed by atoms with Crippen molar-refractivity contribution >= 4 is 15.9 Å². The lowest BCUT2D eigenvalue weighted by Crippen LogP contribution is -2.37. The molecule has 0 aliphatic heterocycles. The largest absolute Gasteiger partial charge is 0.389 e. The van der Waals surface area contributed by atoms with E-state index in [1.807, 2.05) is 25.5 Å². The summed E-state index contributed by atoms with van der Waals surface area (Å²) in [6, 6.07) is 0. The second-order valence-corrected chi connectivity index (χ2v) is 5.39. The van der Waals surface area contributed by atoms with Gasteiger partial charge in [-0.3, -0.25) is 4.68 Å². The Labute approximate surface area is 111 Å². The zero-order chi connectivity index (χ0) is 13.1. The number of aromatic nitrogens is 2. The van der Waals surface area contributed by atoms with E-state index in [2.05, 4.69) is 21.0 Å². The second kappa shape index (κ2) is 5.98. The van der Waals surface area contributed by atoms with Gasteiger partial charge in [-0.1, -0.05) is 6.92 Å². The van der Waals surface area contributed by atoms with Gasteiger partial charge in [0.05, 0.1) is 15.8 Å². The van der Waals surface area contributed by atoms with Crippen molar-refractivity contribution in [1.82, 2.24) is 9.78 Å². The molecular formula is C12H22BrN3O. The van der Waals surface area contributed by atoms with Crippen LogP contribution in [0.1, 0.15) is 37.6 Å². The van der Waals surface area contributed by atoms with E-state index < -0.39 is 5.60 Å². The van der Waals surface area contributed by atoms with E-state index in [0.717, 1.165) is 35.2 Å². The molecule has 1 heterocycles. The van der Waals surface area contributed by atoms with Crippen LogP contribution in [0.2, 0.25) is 0 Å². The van der Waals surface area contributed by atoms with E-state index in [0.29, 0.717) is 13.0 Å². The molecule has 1 atom stereocenters. The maximum absolute atomic E-state index is 10.1. The fraction of sp³-hybridized carbons (Fsp3) is 0.750.